The van der Waals surface area contributed by atoms with Crippen LogP contribution in [0.1, 0.15) is 11.1 Å². The van der Waals surface area contributed by atoms with Crippen molar-refractivity contribution in [2.24, 2.45) is 5.73 Å². The zero-order valence-corrected chi connectivity index (χ0v) is 9.78. The molecule has 3 nitrogen and oxygen atoms in total. The molecular formula is C10H10INO2. The molecule has 1 aromatic rings. The van der Waals surface area contributed by atoms with Crippen molar-refractivity contribution in [2.45, 2.75) is 6.92 Å². The van der Waals surface area contributed by atoms with Crippen LogP contribution in [-0.4, -0.2) is 11.0 Å². The van der Waals surface area contributed by atoms with Gasteiger partial charge >= 0.3 is 0 Å². The fraction of sp³-hybridized carbons (Fsp3) is 0.100. The van der Waals surface area contributed by atoms with Crippen LogP contribution in [0.3, 0.4) is 0 Å². The van der Waals surface area contributed by atoms with Crippen molar-refractivity contribution < 1.29 is 9.90 Å². The molecule has 1 rings (SSSR count). The van der Waals surface area contributed by atoms with Crippen LogP contribution < -0.4 is 5.73 Å². The molecule has 0 aromatic heterocycles. The number of halogens is 1. The molecule has 0 atom stereocenters. The highest BCUT2D eigenvalue weighted by atomic mass is 127. The van der Waals surface area contributed by atoms with Crippen LogP contribution in [0.15, 0.2) is 18.2 Å². The molecule has 0 fully saturated rings. The first-order valence-corrected chi connectivity index (χ1v) is 5.05. The number of primary amides is 1. The van der Waals surface area contributed by atoms with Crippen LogP contribution >= 0.6 is 22.6 Å². The summed E-state index contributed by atoms with van der Waals surface area (Å²) in [5.41, 5.74) is 6.34. The average molecular weight is 303 g/mol. The summed E-state index contributed by atoms with van der Waals surface area (Å²) in [6.45, 7) is 1.80. The SMILES string of the molecule is Cc1cc(I)cc(/C=C\C(N)=O)c1O. The summed E-state index contributed by atoms with van der Waals surface area (Å²) in [4.78, 5) is 10.5. The minimum atomic E-state index is -0.527. The van der Waals surface area contributed by atoms with Crippen molar-refractivity contribution in [3.63, 3.8) is 0 Å². The molecule has 14 heavy (non-hydrogen) atoms. The first-order valence-electron chi connectivity index (χ1n) is 3.97. The van der Waals surface area contributed by atoms with Gasteiger partial charge in [0.25, 0.3) is 0 Å². The second-order valence-corrected chi connectivity index (χ2v) is 4.14. The molecule has 0 aliphatic rings. The summed E-state index contributed by atoms with van der Waals surface area (Å²) < 4.78 is 1.00. The molecule has 1 aromatic carbocycles. The Labute approximate surface area is 95.8 Å². The number of carbonyl (C=O) groups excluding carboxylic acids is 1. The first kappa shape index (κ1) is 11.0. The van der Waals surface area contributed by atoms with Gasteiger partial charge in [-0.15, -0.1) is 0 Å². The minimum absolute atomic E-state index is 0.183. The fourth-order valence-corrected chi connectivity index (χ4v) is 1.86. The van der Waals surface area contributed by atoms with Crippen LogP contribution in [-0.2, 0) is 4.79 Å². The zero-order valence-electron chi connectivity index (χ0n) is 7.62. The van der Waals surface area contributed by atoms with Gasteiger partial charge in [0.05, 0.1) is 0 Å². The number of phenols is 1. The van der Waals surface area contributed by atoms with E-state index in [1.807, 2.05) is 6.07 Å². The maximum Gasteiger partial charge on any atom is 0.241 e. The minimum Gasteiger partial charge on any atom is -0.507 e. The molecule has 3 N–H and O–H groups in total. The van der Waals surface area contributed by atoms with Gasteiger partial charge in [-0.1, -0.05) is 0 Å². The van der Waals surface area contributed by atoms with Crippen molar-refractivity contribution in [3.8, 4) is 5.75 Å². The smallest absolute Gasteiger partial charge is 0.241 e. The van der Waals surface area contributed by atoms with E-state index in [1.54, 1.807) is 13.0 Å². The quantitative estimate of drug-likeness (QED) is 0.646. The lowest BCUT2D eigenvalue weighted by Crippen LogP contribution is -2.05. The lowest BCUT2D eigenvalue weighted by molar-refractivity contribution is -0.113. The summed E-state index contributed by atoms with van der Waals surface area (Å²) in [5.74, 6) is -0.344. The number of aromatic hydroxyl groups is 1. The highest BCUT2D eigenvalue weighted by Gasteiger charge is 2.03. The van der Waals surface area contributed by atoms with Crippen LogP contribution in [0.5, 0.6) is 5.75 Å². The van der Waals surface area contributed by atoms with Gasteiger partial charge in [0, 0.05) is 15.2 Å². The second kappa shape index (κ2) is 4.45. The maximum absolute atomic E-state index is 10.5. The molecular weight excluding hydrogens is 293 g/mol. The number of rotatable bonds is 2. The second-order valence-electron chi connectivity index (χ2n) is 2.90. The number of carbonyl (C=O) groups is 1. The average Bonchev–Trinajstić information content (AvgIpc) is 2.08. The Morgan fingerprint density at radius 2 is 2.21 bits per heavy atom. The summed E-state index contributed by atoms with van der Waals surface area (Å²) in [6.07, 6.45) is 2.73. The fourth-order valence-electron chi connectivity index (χ4n) is 1.06. The highest BCUT2D eigenvalue weighted by molar-refractivity contribution is 14.1. The van der Waals surface area contributed by atoms with Crippen LogP contribution in [0.4, 0.5) is 0 Å². The Hall–Kier alpha value is -1.04. The molecule has 0 aliphatic carbocycles. The molecule has 4 heteroatoms. The lowest BCUT2D eigenvalue weighted by Gasteiger charge is -2.03. The molecule has 0 heterocycles. The van der Waals surface area contributed by atoms with Crippen LogP contribution in [0, 0.1) is 10.5 Å². The lowest BCUT2D eigenvalue weighted by atomic mass is 10.1. The van der Waals surface area contributed by atoms with Gasteiger partial charge < -0.3 is 10.8 Å². The molecule has 1 amide bonds. The van der Waals surface area contributed by atoms with E-state index >= 15 is 0 Å². The summed E-state index contributed by atoms with van der Waals surface area (Å²) in [5, 5.41) is 9.63. The molecule has 0 unspecified atom stereocenters. The van der Waals surface area contributed by atoms with Gasteiger partial charge in [-0.3, -0.25) is 4.79 Å². The van der Waals surface area contributed by atoms with E-state index in [-0.39, 0.29) is 5.75 Å². The number of benzene rings is 1. The Morgan fingerprint density at radius 3 is 2.79 bits per heavy atom. The van der Waals surface area contributed by atoms with Crippen molar-refractivity contribution in [2.75, 3.05) is 0 Å². The van der Waals surface area contributed by atoms with E-state index in [4.69, 9.17) is 5.73 Å². The van der Waals surface area contributed by atoms with Crippen LogP contribution in [0.2, 0.25) is 0 Å². The molecule has 0 radical (unpaired) electrons. The van der Waals surface area contributed by atoms with Gasteiger partial charge in [-0.2, -0.15) is 0 Å². The number of amides is 1. The van der Waals surface area contributed by atoms with Crippen molar-refractivity contribution in [3.05, 3.63) is 32.9 Å². The predicted octanol–water partition coefficient (Wildman–Crippen LogP) is 1.80. The van der Waals surface area contributed by atoms with Crippen LogP contribution in [0.25, 0.3) is 6.08 Å². The Bertz CT molecular complexity index is 399. The molecule has 0 bridgehead atoms. The molecule has 74 valence electrons. The summed E-state index contributed by atoms with van der Waals surface area (Å²) in [7, 11) is 0. The summed E-state index contributed by atoms with van der Waals surface area (Å²) in [6, 6.07) is 3.64. The van der Waals surface area contributed by atoms with Gasteiger partial charge in [0.2, 0.25) is 5.91 Å². The van der Waals surface area contributed by atoms with Gasteiger partial charge in [0.15, 0.2) is 0 Å². The predicted molar refractivity (Wildman–Crippen MR) is 63.8 cm³/mol. The van der Waals surface area contributed by atoms with Crippen molar-refractivity contribution >= 4 is 34.6 Å². The van der Waals surface area contributed by atoms with Crippen molar-refractivity contribution in [1.29, 1.82) is 0 Å². The van der Waals surface area contributed by atoms with E-state index in [9.17, 15) is 9.90 Å². The Kier molecular flexibility index (Phi) is 3.51. The molecule has 0 aliphatic heterocycles. The topological polar surface area (TPSA) is 63.3 Å². The highest BCUT2D eigenvalue weighted by Crippen LogP contribution is 2.25. The third-order valence-corrected chi connectivity index (χ3v) is 2.34. The van der Waals surface area contributed by atoms with E-state index in [2.05, 4.69) is 22.6 Å². The zero-order chi connectivity index (χ0) is 10.7. The third-order valence-electron chi connectivity index (χ3n) is 1.72. The monoisotopic (exact) mass is 303 g/mol. The number of hydrogen-bond acceptors (Lipinski definition) is 2. The molecule has 0 saturated heterocycles. The van der Waals surface area contributed by atoms with Gasteiger partial charge in [0.1, 0.15) is 5.75 Å². The number of aryl methyl sites for hydroxylation is 1. The van der Waals surface area contributed by atoms with E-state index < -0.39 is 5.91 Å². The molecule has 0 spiro atoms. The number of phenolic OH excluding ortho intramolecular Hbond substituents is 1. The largest absolute Gasteiger partial charge is 0.507 e. The van der Waals surface area contributed by atoms with E-state index in [1.165, 1.54) is 12.2 Å². The normalized spacial score (nSPS) is 10.7. The number of hydrogen-bond donors (Lipinski definition) is 2. The standard InChI is InChI=1S/C10H10INO2/c1-6-4-8(11)5-7(10(6)14)2-3-9(12)13/h2-5,14H,1H3,(H2,12,13)/b3-2-. The third kappa shape index (κ3) is 2.73. The Balaban J connectivity index is 3.14. The summed E-state index contributed by atoms with van der Waals surface area (Å²) >= 11 is 2.14. The van der Waals surface area contributed by atoms with Gasteiger partial charge in [-0.25, -0.2) is 0 Å². The van der Waals surface area contributed by atoms with E-state index in [0.717, 1.165) is 9.13 Å². The van der Waals surface area contributed by atoms with Gasteiger partial charge in [-0.05, 0) is 53.3 Å². The number of nitrogens with two attached hydrogens (primary N) is 1. The molecule has 0 saturated carbocycles. The Morgan fingerprint density at radius 1 is 1.57 bits per heavy atom. The first-order chi connectivity index (χ1) is 6.50. The van der Waals surface area contributed by atoms with Crippen molar-refractivity contribution in [1.82, 2.24) is 0 Å². The maximum atomic E-state index is 10.5. The van der Waals surface area contributed by atoms with E-state index in [0.29, 0.717) is 5.56 Å².